The van der Waals surface area contributed by atoms with Gasteiger partial charge in [-0.3, -0.25) is 5.32 Å². The third-order valence-electron chi connectivity index (χ3n) is 3.86. The Hall–Kier alpha value is -3.27. The van der Waals surface area contributed by atoms with E-state index in [9.17, 15) is 4.79 Å². The van der Waals surface area contributed by atoms with Gasteiger partial charge in [-0.1, -0.05) is 48.5 Å². The number of benzene rings is 3. The number of rotatable bonds is 5. The summed E-state index contributed by atoms with van der Waals surface area (Å²) in [5.74, 6) is 0. The minimum atomic E-state index is -0.475. The quantitative estimate of drug-likeness (QED) is 0.698. The molecule has 0 saturated carbocycles. The maximum Gasteiger partial charge on any atom is 0.411 e. The highest BCUT2D eigenvalue weighted by Crippen LogP contribution is 2.28. The summed E-state index contributed by atoms with van der Waals surface area (Å²) >= 11 is 0. The molecule has 126 valence electrons. The van der Waals surface area contributed by atoms with Gasteiger partial charge in [0, 0.05) is 23.6 Å². The van der Waals surface area contributed by atoms with Crippen LogP contribution in [0.5, 0.6) is 0 Å². The van der Waals surface area contributed by atoms with Gasteiger partial charge in [-0.25, -0.2) is 4.79 Å². The second-order valence-corrected chi connectivity index (χ2v) is 5.57. The molecule has 3 rings (SSSR count). The van der Waals surface area contributed by atoms with Gasteiger partial charge in [0.15, 0.2) is 0 Å². The summed E-state index contributed by atoms with van der Waals surface area (Å²) in [6, 6.07) is 28.3. The molecule has 0 bridgehead atoms. The summed E-state index contributed by atoms with van der Waals surface area (Å²) in [6.07, 6.45) is -0.475. The van der Waals surface area contributed by atoms with Gasteiger partial charge in [-0.15, -0.1) is 0 Å². The van der Waals surface area contributed by atoms with Crippen molar-refractivity contribution < 1.29 is 9.53 Å². The van der Waals surface area contributed by atoms with E-state index < -0.39 is 6.09 Å². The standard InChI is InChI=1S/C21H20N2O2/c1-25-21(24)22-18-12-14-20(15-13-18)23(19-10-6-3-7-11-19)16-17-8-4-2-5-9-17/h2-15H,16H2,1H3,(H,22,24). The molecule has 1 N–H and O–H groups in total. The van der Waals surface area contributed by atoms with Crippen molar-refractivity contribution in [3.8, 4) is 0 Å². The maximum atomic E-state index is 11.3. The monoisotopic (exact) mass is 332 g/mol. The summed E-state index contributed by atoms with van der Waals surface area (Å²) in [4.78, 5) is 13.6. The van der Waals surface area contributed by atoms with Crippen molar-refractivity contribution in [2.45, 2.75) is 6.54 Å². The lowest BCUT2D eigenvalue weighted by Crippen LogP contribution is -2.16. The predicted molar refractivity (Wildman–Crippen MR) is 101 cm³/mol. The van der Waals surface area contributed by atoms with Gasteiger partial charge in [0.25, 0.3) is 0 Å². The Morgan fingerprint density at radius 3 is 2.00 bits per heavy atom. The Kier molecular flexibility index (Phi) is 5.32. The Bertz CT molecular complexity index is 802. The molecular formula is C21H20N2O2. The predicted octanol–water partition coefficient (Wildman–Crippen LogP) is 5.20. The van der Waals surface area contributed by atoms with Crippen LogP contribution >= 0.6 is 0 Å². The number of carbonyl (C=O) groups excluding carboxylic acids is 1. The highest BCUT2D eigenvalue weighted by molar-refractivity contribution is 5.84. The number of hydrogen-bond acceptors (Lipinski definition) is 3. The van der Waals surface area contributed by atoms with E-state index in [1.165, 1.54) is 12.7 Å². The molecule has 0 atom stereocenters. The van der Waals surface area contributed by atoms with Crippen LogP contribution in [-0.2, 0) is 11.3 Å². The minimum absolute atomic E-state index is 0.475. The molecular weight excluding hydrogens is 312 g/mol. The van der Waals surface area contributed by atoms with E-state index in [1.807, 2.05) is 60.7 Å². The molecule has 0 aliphatic heterocycles. The zero-order valence-corrected chi connectivity index (χ0v) is 14.1. The normalized spacial score (nSPS) is 10.1. The van der Waals surface area contributed by atoms with Gasteiger partial charge in [0.2, 0.25) is 0 Å². The van der Waals surface area contributed by atoms with Crippen molar-refractivity contribution in [3.63, 3.8) is 0 Å². The first-order valence-electron chi connectivity index (χ1n) is 8.08. The van der Waals surface area contributed by atoms with Crippen LogP contribution in [0, 0.1) is 0 Å². The fourth-order valence-electron chi connectivity index (χ4n) is 2.60. The fraction of sp³-hybridized carbons (Fsp3) is 0.0952. The second-order valence-electron chi connectivity index (χ2n) is 5.57. The second kappa shape index (κ2) is 8.02. The molecule has 0 aliphatic carbocycles. The third-order valence-corrected chi connectivity index (χ3v) is 3.86. The van der Waals surface area contributed by atoms with Crippen LogP contribution in [0.15, 0.2) is 84.9 Å². The van der Waals surface area contributed by atoms with Crippen LogP contribution in [0.2, 0.25) is 0 Å². The van der Waals surface area contributed by atoms with E-state index in [0.29, 0.717) is 5.69 Å². The molecule has 4 nitrogen and oxygen atoms in total. The number of nitrogens with zero attached hydrogens (tertiary/aromatic N) is 1. The van der Waals surface area contributed by atoms with Gasteiger partial charge >= 0.3 is 6.09 Å². The van der Waals surface area contributed by atoms with Crippen molar-refractivity contribution in [2.24, 2.45) is 0 Å². The fourth-order valence-corrected chi connectivity index (χ4v) is 2.60. The summed E-state index contributed by atoms with van der Waals surface area (Å²) in [5, 5.41) is 2.67. The summed E-state index contributed by atoms with van der Waals surface area (Å²) in [5.41, 5.74) is 4.08. The van der Waals surface area contributed by atoms with Crippen molar-refractivity contribution in [1.29, 1.82) is 0 Å². The lowest BCUT2D eigenvalue weighted by atomic mass is 10.1. The lowest BCUT2D eigenvalue weighted by molar-refractivity contribution is 0.187. The molecule has 0 unspecified atom stereocenters. The zero-order chi connectivity index (χ0) is 17.5. The first kappa shape index (κ1) is 16.6. The SMILES string of the molecule is COC(=O)Nc1ccc(N(Cc2ccccc2)c2ccccc2)cc1. The smallest absolute Gasteiger partial charge is 0.411 e. The Balaban J connectivity index is 1.87. The number of carbonyl (C=O) groups is 1. The van der Waals surface area contributed by atoms with Gasteiger partial charge in [-0.2, -0.15) is 0 Å². The van der Waals surface area contributed by atoms with Crippen molar-refractivity contribution >= 4 is 23.2 Å². The van der Waals surface area contributed by atoms with Gasteiger partial charge in [0.05, 0.1) is 7.11 Å². The highest BCUT2D eigenvalue weighted by atomic mass is 16.5. The van der Waals surface area contributed by atoms with E-state index in [-0.39, 0.29) is 0 Å². The van der Waals surface area contributed by atoms with Crippen molar-refractivity contribution in [2.75, 3.05) is 17.3 Å². The van der Waals surface area contributed by atoms with Crippen LogP contribution in [0.3, 0.4) is 0 Å². The zero-order valence-electron chi connectivity index (χ0n) is 14.1. The number of hydrogen-bond donors (Lipinski definition) is 1. The third kappa shape index (κ3) is 4.38. The summed E-state index contributed by atoms with van der Waals surface area (Å²) in [6.45, 7) is 0.759. The van der Waals surface area contributed by atoms with E-state index in [4.69, 9.17) is 0 Å². The van der Waals surface area contributed by atoms with Crippen LogP contribution in [0.1, 0.15) is 5.56 Å². The molecule has 3 aromatic rings. The maximum absolute atomic E-state index is 11.3. The first-order chi connectivity index (χ1) is 12.3. The molecule has 0 saturated heterocycles. The largest absolute Gasteiger partial charge is 0.453 e. The number of amides is 1. The van der Waals surface area contributed by atoms with E-state index >= 15 is 0 Å². The number of anilines is 3. The molecule has 0 fully saturated rings. The Morgan fingerprint density at radius 2 is 1.40 bits per heavy atom. The van der Waals surface area contributed by atoms with Gasteiger partial charge in [0.1, 0.15) is 0 Å². The Morgan fingerprint density at radius 1 is 0.840 bits per heavy atom. The van der Waals surface area contributed by atoms with Crippen LogP contribution in [0.25, 0.3) is 0 Å². The Labute approximate surface area is 147 Å². The topological polar surface area (TPSA) is 41.6 Å². The van der Waals surface area contributed by atoms with Gasteiger partial charge in [-0.05, 0) is 42.0 Å². The number of methoxy groups -OCH3 is 1. The lowest BCUT2D eigenvalue weighted by Gasteiger charge is -2.25. The molecule has 1 amide bonds. The van der Waals surface area contributed by atoms with Crippen LogP contribution in [0.4, 0.5) is 21.9 Å². The van der Waals surface area contributed by atoms with E-state index in [1.54, 1.807) is 0 Å². The highest BCUT2D eigenvalue weighted by Gasteiger charge is 2.10. The van der Waals surface area contributed by atoms with Crippen LogP contribution < -0.4 is 10.2 Å². The average molecular weight is 332 g/mol. The van der Waals surface area contributed by atoms with Gasteiger partial charge < -0.3 is 9.64 Å². The molecule has 3 aromatic carbocycles. The molecule has 0 aromatic heterocycles. The van der Waals surface area contributed by atoms with E-state index in [2.05, 4.69) is 39.2 Å². The first-order valence-corrected chi connectivity index (χ1v) is 8.08. The number of para-hydroxylation sites is 1. The van der Waals surface area contributed by atoms with Crippen molar-refractivity contribution in [3.05, 3.63) is 90.5 Å². The molecule has 25 heavy (non-hydrogen) atoms. The summed E-state index contributed by atoms with van der Waals surface area (Å²) in [7, 11) is 1.35. The minimum Gasteiger partial charge on any atom is -0.453 e. The molecule has 0 spiro atoms. The van der Waals surface area contributed by atoms with E-state index in [0.717, 1.165) is 17.9 Å². The molecule has 0 radical (unpaired) electrons. The average Bonchev–Trinajstić information content (AvgIpc) is 2.68. The molecule has 0 heterocycles. The molecule has 4 heteroatoms. The van der Waals surface area contributed by atoms with Crippen molar-refractivity contribution in [1.82, 2.24) is 0 Å². The summed E-state index contributed by atoms with van der Waals surface area (Å²) < 4.78 is 4.62. The number of ether oxygens (including phenoxy) is 1. The van der Waals surface area contributed by atoms with Crippen LogP contribution in [-0.4, -0.2) is 13.2 Å². The number of nitrogens with one attached hydrogen (secondary N) is 1. The molecule has 0 aliphatic rings.